The number of hydrogen-bond donors (Lipinski definition) is 1. The van der Waals surface area contributed by atoms with E-state index in [1.54, 1.807) is 0 Å². The van der Waals surface area contributed by atoms with E-state index in [2.05, 4.69) is 0 Å². The van der Waals surface area contributed by atoms with Crippen LogP contribution in [0.25, 0.3) is 0 Å². The van der Waals surface area contributed by atoms with Crippen LogP contribution in [0.5, 0.6) is 0 Å². The molecule has 10 heteroatoms. The summed E-state index contributed by atoms with van der Waals surface area (Å²) in [6, 6.07) is 2.12. The van der Waals surface area contributed by atoms with Gasteiger partial charge in [0.25, 0.3) is 5.91 Å². The van der Waals surface area contributed by atoms with E-state index < -0.39 is 58.6 Å². The molecule has 21 heavy (non-hydrogen) atoms. The fraction of sp³-hybridized carbons (Fsp3) is 0.364. The lowest BCUT2D eigenvalue weighted by Crippen LogP contribution is -2.28. The molecule has 0 spiro atoms. The summed E-state index contributed by atoms with van der Waals surface area (Å²) in [5, 5.41) is 1.92. The third kappa shape index (κ3) is 5.44. The molecule has 0 aliphatic heterocycles. The zero-order chi connectivity index (χ0) is 16.3. The van der Waals surface area contributed by atoms with Gasteiger partial charge in [0.1, 0.15) is 5.82 Å². The number of thioether (sulfide) groups is 1. The minimum atomic E-state index is -4.97. The standard InChI is InChI=1S/C11H8F7NOS/c12-8-6(2-1-3-7(8)10(13,14)15)9(20)19-4-5-21-11(16,17)18/h1-3H,4-5H2,(H,19,20). The highest BCUT2D eigenvalue weighted by Crippen LogP contribution is 2.32. The van der Waals surface area contributed by atoms with E-state index in [9.17, 15) is 35.5 Å². The van der Waals surface area contributed by atoms with Gasteiger partial charge in [-0.3, -0.25) is 4.79 Å². The molecule has 0 aromatic heterocycles. The Balaban J connectivity index is 2.71. The van der Waals surface area contributed by atoms with Crippen molar-refractivity contribution in [1.29, 1.82) is 0 Å². The zero-order valence-corrected chi connectivity index (χ0v) is 10.9. The number of carbonyl (C=O) groups is 1. The number of alkyl halides is 6. The molecule has 0 bridgehead atoms. The SMILES string of the molecule is O=C(NCCSC(F)(F)F)c1cccc(C(F)(F)F)c1F. The van der Waals surface area contributed by atoms with Gasteiger partial charge in [0.15, 0.2) is 0 Å². The lowest BCUT2D eigenvalue weighted by molar-refractivity contribution is -0.140. The molecule has 0 saturated carbocycles. The molecule has 0 heterocycles. The predicted octanol–water partition coefficient (Wildman–Crippen LogP) is 3.83. The Morgan fingerprint density at radius 1 is 1.14 bits per heavy atom. The van der Waals surface area contributed by atoms with Crippen LogP contribution in [0.4, 0.5) is 30.7 Å². The fourth-order valence-electron chi connectivity index (χ4n) is 1.35. The second-order valence-electron chi connectivity index (χ2n) is 3.71. The summed E-state index contributed by atoms with van der Waals surface area (Å²) in [5.74, 6) is -3.50. The van der Waals surface area contributed by atoms with E-state index in [-0.39, 0.29) is 0 Å². The van der Waals surface area contributed by atoms with Crippen LogP contribution in [0.15, 0.2) is 18.2 Å². The average Bonchev–Trinajstić information content (AvgIpc) is 2.32. The lowest BCUT2D eigenvalue weighted by atomic mass is 10.1. The fourth-order valence-corrected chi connectivity index (χ4v) is 1.79. The average molecular weight is 335 g/mol. The van der Waals surface area contributed by atoms with Gasteiger partial charge in [-0.2, -0.15) is 26.3 Å². The molecule has 1 N–H and O–H groups in total. The second-order valence-corrected chi connectivity index (χ2v) is 4.87. The van der Waals surface area contributed by atoms with Crippen molar-refractivity contribution < 1.29 is 35.5 Å². The van der Waals surface area contributed by atoms with Crippen LogP contribution >= 0.6 is 11.8 Å². The first-order valence-electron chi connectivity index (χ1n) is 5.37. The van der Waals surface area contributed by atoms with E-state index in [1.165, 1.54) is 0 Å². The number of carbonyl (C=O) groups excluding carboxylic acids is 1. The van der Waals surface area contributed by atoms with Crippen LogP contribution in [0.1, 0.15) is 15.9 Å². The van der Waals surface area contributed by atoms with Gasteiger partial charge in [-0.15, -0.1) is 0 Å². The maximum atomic E-state index is 13.6. The van der Waals surface area contributed by atoms with Crippen molar-refractivity contribution in [2.24, 2.45) is 0 Å². The first kappa shape index (κ1) is 17.6. The predicted molar refractivity (Wildman–Crippen MR) is 62.2 cm³/mol. The normalized spacial score (nSPS) is 12.3. The molecule has 0 aliphatic rings. The highest BCUT2D eigenvalue weighted by molar-refractivity contribution is 8.00. The summed E-state index contributed by atoms with van der Waals surface area (Å²) in [5.41, 5.74) is -6.96. The minimum absolute atomic E-state index is 0.406. The highest BCUT2D eigenvalue weighted by Gasteiger charge is 2.35. The van der Waals surface area contributed by atoms with Crippen molar-refractivity contribution in [3.8, 4) is 0 Å². The van der Waals surface area contributed by atoms with Crippen LogP contribution in [0.2, 0.25) is 0 Å². The van der Waals surface area contributed by atoms with Gasteiger partial charge in [-0.1, -0.05) is 6.07 Å². The molecule has 118 valence electrons. The Kier molecular flexibility index (Phi) is 5.48. The zero-order valence-electron chi connectivity index (χ0n) is 10.1. The molecule has 0 unspecified atom stereocenters. The molecule has 0 saturated heterocycles. The molecule has 0 atom stereocenters. The first-order valence-corrected chi connectivity index (χ1v) is 6.35. The molecule has 2 nitrogen and oxygen atoms in total. The van der Waals surface area contributed by atoms with Gasteiger partial charge >= 0.3 is 11.7 Å². The Morgan fingerprint density at radius 3 is 2.29 bits per heavy atom. The van der Waals surface area contributed by atoms with Crippen molar-refractivity contribution in [2.75, 3.05) is 12.3 Å². The van der Waals surface area contributed by atoms with Gasteiger partial charge in [0.2, 0.25) is 0 Å². The number of halogens is 7. The highest BCUT2D eigenvalue weighted by atomic mass is 32.2. The minimum Gasteiger partial charge on any atom is -0.351 e. The van der Waals surface area contributed by atoms with Crippen LogP contribution in [-0.2, 0) is 6.18 Å². The van der Waals surface area contributed by atoms with Crippen molar-refractivity contribution in [1.82, 2.24) is 5.32 Å². The van der Waals surface area contributed by atoms with Gasteiger partial charge < -0.3 is 5.32 Å². The topological polar surface area (TPSA) is 29.1 Å². The Labute approximate surface area is 118 Å². The summed E-state index contributed by atoms with van der Waals surface area (Å²) in [7, 11) is 0. The number of hydrogen-bond acceptors (Lipinski definition) is 2. The van der Waals surface area contributed by atoms with Crippen molar-refractivity contribution in [3.63, 3.8) is 0 Å². The Morgan fingerprint density at radius 2 is 1.76 bits per heavy atom. The molecular formula is C11H8F7NOS. The molecule has 1 aromatic rings. The number of rotatable bonds is 4. The van der Waals surface area contributed by atoms with Crippen molar-refractivity contribution in [3.05, 3.63) is 35.1 Å². The van der Waals surface area contributed by atoms with E-state index in [0.717, 1.165) is 12.1 Å². The third-order valence-electron chi connectivity index (χ3n) is 2.20. The van der Waals surface area contributed by atoms with E-state index in [1.807, 2.05) is 5.32 Å². The summed E-state index contributed by atoms with van der Waals surface area (Å²) < 4.78 is 86.3. The maximum Gasteiger partial charge on any atom is 0.441 e. The molecular weight excluding hydrogens is 327 g/mol. The van der Waals surface area contributed by atoms with E-state index >= 15 is 0 Å². The summed E-state index contributed by atoms with van der Waals surface area (Å²) in [4.78, 5) is 11.5. The summed E-state index contributed by atoms with van der Waals surface area (Å²) in [6.45, 7) is -0.460. The Hall–Kier alpha value is -1.45. The second kappa shape index (κ2) is 6.54. The molecule has 0 aliphatic carbocycles. The van der Waals surface area contributed by atoms with Crippen molar-refractivity contribution >= 4 is 17.7 Å². The monoisotopic (exact) mass is 335 g/mol. The van der Waals surface area contributed by atoms with Gasteiger partial charge in [-0.25, -0.2) is 4.39 Å². The third-order valence-corrected chi connectivity index (χ3v) is 2.94. The first-order chi connectivity index (χ1) is 9.52. The van der Waals surface area contributed by atoms with Crippen LogP contribution < -0.4 is 5.32 Å². The molecule has 1 rings (SSSR count). The van der Waals surface area contributed by atoms with Gasteiger partial charge in [0.05, 0.1) is 11.1 Å². The maximum absolute atomic E-state index is 13.6. The number of nitrogens with one attached hydrogen (secondary N) is 1. The Bertz CT molecular complexity index is 512. The number of amides is 1. The quantitative estimate of drug-likeness (QED) is 0.669. The molecule has 1 aromatic carbocycles. The largest absolute Gasteiger partial charge is 0.441 e. The van der Waals surface area contributed by atoms with Gasteiger partial charge in [-0.05, 0) is 23.9 Å². The molecule has 0 radical (unpaired) electrons. The van der Waals surface area contributed by atoms with Crippen LogP contribution in [0.3, 0.4) is 0 Å². The van der Waals surface area contributed by atoms with E-state index in [0.29, 0.717) is 6.07 Å². The smallest absolute Gasteiger partial charge is 0.351 e. The summed E-state index contributed by atoms with van der Waals surface area (Å²) in [6.07, 6.45) is -4.97. The molecule has 1 amide bonds. The molecule has 0 fully saturated rings. The van der Waals surface area contributed by atoms with E-state index in [4.69, 9.17) is 0 Å². The van der Waals surface area contributed by atoms with Gasteiger partial charge in [0, 0.05) is 12.3 Å². The summed E-state index contributed by atoms with van der Waals surface area (Å²) >= 11 is -0.406. The number of benzene rings is 1. The van der Waals surface area contributed by atoms with Crippen LogP contribution in [-0.4, -0.2) is 23.7 Å². The van der Waals surface area contributed by atoms with Crippen molar-refractivity contribution in [2.45, 2.75) is 11.7 Å². The van der Waals surface area contributed by atoms with Crippen LogP contribution in [0, 0.1) is 5.82 Å². The lowest BCUT2D eigenvalue weighted by Gasteiger charge is -2.11.